The van der Waals surface area contributed by atoms with Crippen LogP contribution in [-0.2, 0) is 0 Å². The van der Waals surface area contributed by atoms with Crippen molar-refractivity contribution in [1.29, 1.82) is 0 Å². The number of rotatable bonds is 4. The fourth-order valence-electron chi connectivity index (χ4n) is 1.28. The Balaban J connectivity index is 2.04. The Bertz CT molecular complexity index is 481. The molecule has 0 atom stereocenters. The predicted molar refractivity (Wildman–Crippen MR) is 68.5 cm³/mol. The van der Waals surface area contributed by atoms with Gasteiger partial charge in [0.2, 0.25) is 0 Å². The number of pyridine rings is 1. The Morgan fingerprint density at radius 3 is 2.88 bits per heavy atom. The molecule has 2 rings (SSSR count). The summed E-state index contributed by atoms with van der Waals surface area (Å²) < 4.78 is 0. The van der Waals surface area contributed by atoms with Crippen molar-refractivity contribution < 1.29 is 4.79 Å². The van der Waals surface area contributed by atoms with Gasteiger partial charge in [-0.05, 0) is 19.1 Å². The normalized spacial score (nSPS) is 9.94. The molecule has 0 aliphatic rings. The number of carbonyl (C=O) groups is 1. The third-order valence-electron chi connectivity index (χ3n) is 2.03. The van der Waals surface area contributed by atoms with E-state index in [1.165, 1.54) is 11.3 Å². The summed E-state index contributed by atoms with van der Waals surface area (Å²) in [5, 5.41) is 8.17. The molecule has 0 fully saturated rings. The summed E-state index contributed by atoms with van der Waals surface area (Å²) in [7, 11) is 0. The van der Waals surface area contributed by atoms with Crippen LogP contribution in [0.2, 0.25) is 0 Å². The van der Waals surface area contributed by atoms with Gasteiger partial charge in [0.1, 0.15) is 5.69 Å². The number of carbonyl (C=O) groups excluding carboxylic acids is 1. The van der Waals surface area contributed by atoms with E-state index in [4.69, 9.17) is 0 Å². The molecular weight excluding hydrogens is 236 g/mol. The maximum Gasteiger partial charge on any atom is 0.276 e. The van der Waals surface area contributed by atoms with Gasteiger partial charge in [0.25, 0.3) is 5.91 Å². The van der Waals surface area contributed by atoms with Gasteiger partial charge in [-0.3, -0.25) is 10.1 Å². The first-order chi connectivity index (χ1) is 8.29. The zero-order valence-corrected chi connectivity index (χ0v) is 10.1. The zero-order chi connectivity index (χ0) is 12.1. The van der Waals surface area contributed by atoms with Crippen molar-refractivity contribution in [1.82, 2.24) is 9.97 Å². The lowest BCUT2D eigenvalue weighted by molar-refractivity contribution is 0.102. The number of hydrogen-bond donors (Lipinski definition) is 2. The first-order valence-electron chi connectivity index (χ1n) is 5.20. The van der Waals surface area contributed by atoms with Gasteiger partial charge in [0.05, 0.1) is 11.9 Å². The van der Waals surface area contributed by atoms with Gasteiger partial charge < -0.3 is 5.32 Å². The number of amides is 1. The Hall–Kier alpha value is -1.95. The second-order valence-corrected chi connectivity index (χ2v) is 4.15. The lowest BCUT2D eigenvalue weighted by atomic mass is 10.3. The Kier molecular flexibility index (Phi) is 3.66. The number of aromatic nitrogens is 2. The molecule has 0 saturated carbocycles. The Morgan fingerprint density at radius 1 is 1.41 bits per heavy atom. The average molecular weight is 248 g/mol. The highest BCUT2D eigenvalue weighted by molar-refractivity contribution is 7.13. The minimum absolute atomic E-state index is 0.247. The van der Waals surface area contributed by atoms with E-state index in [1.54, 1.807) is 23.8 Å². The summed E-state index contributed by atoms with van der Waals surface area (Å²) in [6.45, 7) is 2.83. The largest absolute Gasteiger partial charge is 0.384 e. The molecule has 5 nitrogen and oxygen atoms in total. The summed E-state index contributed by atoms with van der Waals surface area (Å²) >= 11 is 1.37. The summed E-state index contributed by atoms with van der Waals surface area (Å²) in [6.07, 6.45) is 3.28. The quantitative estimate of drug-likeness (QED) is 0.870. The maximum atomic E-state index is 11.8. The van der Waals surface area contributed by atoms with Gasteiger partial charge in [-0.25, -0.2) is 9.97 Å². The van der Waals surface area contributed by atoms with Crippen LogP contribution in [-0.4, -0.2) is 22.4 Å². The fraction of sp³-hybridized carbons (Fsp3) is 0.182. The summed E-state index contributed by atoms with van der Waals surface area (Å²) in [4.78, 5) is 19.8. The smallest absolute Gasteiger partial charge is 0.276 e. The molecule has 17 heavy (non-hydrogen) atoms. The van der Waals surface area contributed by atoms with E-state index in [0.717, 1.165) is 12.2 Å². The van der Waals surface area contributed by atoms with Crippen molar-refractivity contribution in [2.75, 3.05) is 17.2 Å². The van der Waals surface area contributed by atoms with Crippen molar-refractivity contribution in [3.05, 3.63) is 35.6 Å². The van der Waals surface area contributed by atoms with E-state index in [9.17, 15) is 4.79 Å². The molecule has 2 aromatic rings. The highest BCUT2D eigenvalue weighted by Crippen LogP contribution is 2.12. The summed E-state index contributed by atoms with van der Waals surface area (Å²) in [5.74, 6) is -0.247. The third kappa shape index (κ3) is 3.01. The molecule has 6 heteroatoms. The topological polar surface area (TPSA) is 66.9 Å². The zero-order valence-electron chi connectivity index (χ0n) is 9.30. The Morgan fingerprint density at radius 2 is 2.29 bits per heavy atom. The lowest BCUT2D eigenvalue weighted by Gasteiger charge is -2.04. The number of nitrogens with zero attached hydrogens (tertiary/aromatic N) is 2. The number of thiazole rings is 1. The molecule has 0 aliphatic heterocycles. The molecule has 0 aromatic carbocycles. The van der Waals surface area contributed by atoms with Crippen molar-refractivity contribution in [3.63, 3.8) is 0 Å². The van der Waals surface area contributed by atoms with Gasteiger partial charge in [0, 0.05) is 18.1 Å². The van der Waals surface area contributed by atoms with Gasteiger partial charge in [-0.2, -0.15) is 0 Å². The molecular formula is C11H12N4OS. The second-order valence-electron chi connectivity index (χ2n) is 3.25. The van der Waals surface area contributed by atoms with E-state index in [2.05, 4.69) is 20.6 Å². The molecule has 0 spiro atoms. The molecule has 0 aliphatic carbocycles. The first kappa shape index (κ1) is 11.5. The molecule has 2 aromatic heterocycles. The molecule has 0 unspecified atom stereocenters. The van der Waals surface area contributed by atoms with Crippen molar-refractivity contribution in [3.8, 4) is 0 Å². The predicted octanol–water partition coefficient (Wildman–Crippen LogP) is 2.22. The molecule has 0 radical (unpaired) electrons. The number of hydrogen-bond acceptors (Lipinski definition) is 5. The second kappa shape index (κ2) is 5.40. The maximum absolute atomic E-state index is 11.8. The van der Waals surface area contributed by atoms with E-state index >= 15 is 0 Å². The van der Waals surface area contributed by atoms with Crippen LogP contribution in [0.4, 0.5) is 10.8 Å². The first-order valence-corrected chi connectivity index (χ1v) is 6.08. The molecule has 0 bridgehead atoms. The highest BCUT2D eigenvalue weighted by Gasteiger charge is 2.08. The monoisotopic (exact) mass is 248 g/mol. The van der Waals surface area contributed by atoms with Crippen LogP contribution in [0.15, 0.2) is 29.9 Å². The van der Waals surface area contributed by atoms with Crippen LogP contribution in [0.5, 0.6) is 0 Å². The van der Waals surface area contributed by atoms with Crippen molar-refractivity contribution in [2.24, 2.45) is 0 Å². The fourth-order valence-corrected chi connectivity index (χ4v) is 1.81. The molecule has 2 heterocycles. The standard InChI is InChI=1S/C11H12N4OS/c1-2-12-8-3-4-9(14-7-8)10(16)15-11-13-5-6-17-11/h3-7,12H,2H2,1H3,(H,13,15,16). The molecule has 1 amide bonds. The minimum atomic E-state index is -0.247. The van der Waals surface area contributed by atoms with Crippen LogP contribution in [0.25, 0.3) is 0 Å². The van der Waals surface area contributed by atoms with E-state index in [1.807, 2.05) is 13.0 Å². The number of nitrogens with one attached hydrogen (secondary N) is 2. The van der Waals surface area contributed by atoms with Gasteiger partial charge in [-0.15, -0.1) is 11.3 Å². The van der Waals surface area contributed by atoms with Crippen LogP contribution >= 0.6 is 11.3 Å². The SMILES string of the molecule is CCNc1ccc(C(=O)Nc2nccs2)nc1. The van der Waals surface area contributed by atoms with Crippen LogP contribution in [0, 0.1) is 0 Å². The van der Waals surface area contributed by atoms with Gasteiger partial charge in [0.15, 0.2) is 5.13 Å². The van der Waals surface area contributed by atoms with Crippen molar-refractivity contribution >= 4 is 28.1 Å². The summed E-state index contributed by atoms with van der Waals surface area (Å²) in [5.41, 5.74) is 1.28. The summed E-state index contributed by atoms with van der Waals surface area (Å²) in [6, 6.07) is 3.51. The van der Waals surface area contributed by atoms with Gasteiger partial charge in [-0.1, -0.05) is 0 Å². The average Bonchev–Trinajstić information content (AvgIpc) is 2.83. The van der Waals surface area contributed by atoms with Gasteiger partial charge >= 0.3 is 0 Å². The van der Waals surface area contributed by atoms with Crippen molar-refractivity contribution in [2.45, 2.75) is 6.92 Å². The molecule has 88 valence electrons. The highest BCUT2D eigenvalue weighted by atomic mass is 32.1. The van der Waals surface area contributed by atoms with E-state index < -0.39 is 0 Å². The molecule has 2 N–H and O–H groups in total. The van der Waals surface area contributed by atoms with Crippen LogP contribution < -0.4 is 10.6 Å². The van der Waals surface area contributed by atoms with Crippen LogP contribution in [0.3, 0.4) is 0 Å². The Labute approximate surface area is 103 Å². The number of anilines is 2. The lowest BCUT2D eigenvalue weighted by Crippen LogP contribution is -2.13. The van der Waals surface area contributed by atoms with E-state index in [-0.39, 0.29) is 5.91 Å². The third-order valence-corrected chi connectivity index (χ3v) is 2.72. The minimum Gasteiger partial charge on any atom is -0.384 e. The van der Waals surface area contributed by atoms with E-state index in [0.29, 0.717) is 10.8 Å². The van der Waals surface area contributed by atoms with Crippen LogP contribution in [0.1, 0.15) is 17.4 Å². The molecule has 0 saturated heterocycles.